The Morgan fingerprint density at radius 3 is 3.27 bits per heavy atom. The zero-order chi connectivity index (χ0) is 10.5. The summed E-state index contributed by atoms with van der Waals surface area (Å²) in [5.41, 5.74) is 0. The number of aromatic nitrogens is 2. The number of hydrogen-bond donors (Lipinski definition) is 1. The predicted molar refractivity (Wildman–Crippen MR) is 58.5 cm³/mol. The standard InChI is InChI=1S/C11H19N3O/c1-14-6-5-12-11(14)9-13-10-3-2-7-15-8-4-10/h5-6,10,13H,2-4,7-9H2,1H3. The van der Waals surface area contributed by atoms with Gasteiger partial charge in [-0.3, -0.25) is 0 Å². The Bertz CT molecular complexity index is 290. The molecule has 0 bridgehead atoms. The van der Waals surface area contributed by atoms with Crippen LogP contribution in [0, 0.1) is 0 Å². The van der Waals surface area contributed by atoms with Gasteiger partial charge in [-0.15, -0.1) is 0 Å². The maximum absolute atomic E-state index is 5.42. The summed E-state index contributed by atoms with van der Waals surface area (Å²) in [7, 11) is 2.03. The van der Waals surface area contributed by atoms with E-state index in [1.165, 1.54) is 6.42 Å². The third kappa shape index (κ3) is 3.04. The van der Waals surface area contributed by atoms with Crippen LogP contribution in [0.4, 0.5) is 0 Å². The first kappa shape index (κ1) is 10.6. The van der Waals surface area contributed by atoms with Crippen LogP contribution in [0.15, 0.2) is 12.4 Å². The van der Waals surface area contributed by atoms with Crippen molar-refractivity contribution in [1.29, 1.82) is 0 Å². The molecular weight excluding hydrogens is 190 g/mol. The first-order valence-electron chi connectivity index (χ1n) is 5.63. The first-order chi connectivity index (χ1) is 7.36. The summed E-state index contributed by atoms with van der Waals surface area (Å²) in [5.74, 6) is 1.10. The van der Waals surface area contributed by atoms with Gasteiger partial charge in [-0.2, -0.15) is 0 Å². The average molecular weight is 209 g/mol. The van der Waals surface area contributed by atoms with Gasteiger partial charge in [-0.25, -0.2) is 4.98 Å². The maximum Gasteiger partial charge on any atom is 0.122 e. The van der Waals surface area contributed by atoms with Crippen LogP contribution in [-0.4, -0.2) is 28.8 Å². The number of nitrogens with one attached hydrogen (secondary N) is 1. The summed E-state index contributed by atoms with van der Waals surface area (Å²) in [4.78, 5) is 4.29. The van der Waals surface area contributed by atoms with E-state index in [0.717, 1.165) is 38.4 Å². The number of rotatable bonds is 3. The second-order valence-electron chi connectivity index (χ2n) is 4.08. The van der Waals surface area contributed by atoms with Crippen LogP contribution in [-0.2, 0) is 18.3 Å². The molecule has 0 spiro atoms. The van der Waals surface area contributed by atoms with E-state index in [1.807, 2.05) is 19.4 Å². The van der Waals surface area contributed by atoms with Crippen LogP contribution < -0.4 is 5.32 Å². The molecule has 1 atom stereocenters. The SMILES string of the molecule is Cn1ccnc1CNC1CCCOCC1. The molecule has 84 valence electrons. The number of ether oxygens (including phenoxy) is 1. The fraction of sp³-hybridized carbons (Fsp3) is 0.727. The van der Waals surface area contributed by atoms with Crippen molar-refractivity contribution in [3.8, 4) is 0 Å². The molecular formula is C11H19N3O. The van der Waals surface area contributed by atoms with Gasteiger partial charge in [-0.1, -0.05) is 0 Å². The van der Waals surface area contributed by atoms with Gasteiger partial charge in [0.15, 0.2) is 0 Å². The van der Waals surface area contributed by atoms with E-state index in [0.29, 0.717) is 6.04 Å². The highest BCUT2D eigenvalue weighted by Crippen LogP contribution is 2.08. The van der Waals surface area contributed by atoms with Gasteiger partial charge in [-0.05, 0) is 19.3 Å². The quantitative estimate of drug-likeness (QED) is 0.809. The minimum Gasteiger partial charge on any atom is -0.381 e. The molecule has 15 heavy (non-hydrogen) atoms. The van der Waals surface area contributed by atoms with Crippen LogP contribution in [0.1, 0.15) is 25.1 Å². The molecule has 0 aliphatic carbocycles. The lowest BCUT2D eigenvalue weighted by atomic mass is 10.1. The number of nitrogens with zero attached hydrogens (tertiary/aromatic N) is 2. The monoisotopic (exact) mass is 209 g/mol. The van der Waals surface area contributed by atoms with E-state index in [-0.39, 0.29) is 0 Å². The van der Waals surface area contributed by atoms with Crippen molar-refractivity contribution in [2.24, 2.45) is 7.05 Å². The summed E-state index contributed by atoms with van der Waals surface area (Å²) in [5, 5.41) is 3.54. The molecule has 0 saturated carbocycles. The van der Waals surface area contributed by atoms with Crippen molar-refractivity contribution in [2.75, 3.05) is 13.2 Å². The molecule has 2 heterocycles. The van der Waals surface area contributed by atoms with Crippen molar-refractivity contribution in [3.05, 3.63) is 18.2 Å². The van der Waals surface area contributed by atoms with Gasteiger partial charge in [0.1, 0.15) is 5.82 Å². The molecule has 0 amide bonds. The van der Waals surface area contributed by atoms with Crippen molar-refractivity contribution < 1.29 is 4.74 Å². The Labute approximate surface area is 90.6 Å². The topological polar surface area (TPSA) is 39.1 Å². The van der Waals surface area contributed by atoms with Crippen LogP contribution >= 0.6 is 0 Å². The highest BCUT2D eigenvalue weighted by Gasteiger charge is 2.12. The second kappa shape index (κ2) is 5.28. The third-order valence-electron chi connectivity index (χ3n) is 2.92. The molecule has 0 aromatic carbocycles. The Kier molecular flexibility index (Phi) is 3.75. The lowest BCUT2D eigenvalue weighted by Crippen LogP contribution is -2.29. The van der Waals surface area contributed by atoms with E-state index >= 15 is 0 Å². The van der Waals surface area contributed by atoms with Gasteiger partial charge in [0, 0.05) is 38.7 Å². The number of hydrogen-bond acceptors (Lipinski definition) is 3. The van der Waals surface area contributed by atoms with Crippen molar-refractivity contribution >= 4 is 0 Å². The van der Waals surface area contributed by atoms with E-state index in [1.54, 1.807) is 0 Å². The maximum atomic E-state index is 5.42. The van der Waals surface area contributed by atoms with E-state index in [9.17, 15) is 0 Å². The van der Waals surface area contributed by atoms with Crippen molar-refractivity contribution in [3.63, 3.8) is 0 Å². The zero-order valence-corrected chi connectivity index (χ0v) is 9.28. The van der Waals surface area contributed by atoms with Crippen LogP contribution in [0.2, 0.25) is 0 Å². The molecule has 0 radical (unpaired) electrons. The molecule has 4 nitrogen and oxygen atoms in total. The van der Waals surface area contributed by atoms with Crippen molar-refractivity contribution in [1.82, 2.24) is 14.9 Å². The molecule has 1 fully saturated rings. The van der Waals surface area contributed by atoms with Crippen molar-refractivity contribution in [2.45, 2.75) is 31.8 Å². The predicted octanol–water partition coefficient (Wildman–Crippen LogP) is 1.08. The van der Waals surface area contributed by atoms with E-state index in [4.69, 9.17) is 4.74 Å². The van der Waals surface area contributed by atoms with Gasteiger partial charge < -0.3 is 14.6 Å². The summed E-state index contributed by atoms with van der Waals surface area (Å²) < 4.78 is 7.48. The lowest BCUT2D eigenvalue weighted by molar-refractivity contribution is 0.142. The molecule has 1 aliphatic rings. The summed E-state index contributed by atoms with van der Waals surface area (Å²) in [6.07, 6.45) is 7.31. The molecule has 1 aromatic heterocycles. The smallest absolute Gasteiger partial charge is 0.122 e. The number of aryl methyl sites for hydroxylation is 1. The van der Waals surface area contributed by atoms with Gasteiger partial charge in [0.05, 0.1) is 6.54 Å². The third-order valence-corrected chi connectivity index (χ3v) is 2.92. The highest BCUT2D eigenvalue weighted by molar-refractivity contribution is 4.91. The molecule has 1 unspecified atom stereocenters. The Morgan fingerprint density at radius 2 is 2.47 bits per heavy atom. The van der Waals surface area contributed by atoms with Gasteiger partial charge in [0.2, 0.25) is 0 Å². The normalized spacial score (nSPS) is 22.6. The molecule has 1 N–H and O–H groups in total. The average Bonchev–Trinajstić information content (AvgIpc) is 2.53. The number of imidazole rings is 1. The van der Waals surface area contributed by atoms with Crippen LogP contribution in [0.25, 0.3) is 0 Å². The minimum absolute atomic E-state index is 0.587. The summed E-state index contributed by atoms with van der Waals surface area (Å²) in [6.45, 7) is 2.66. The largest absolute Gasteiger partial charge is 0.381 e. The van der Waals surface area contributed by atoms with Gasteiger partial charge >= 0.3 is 0 Å². The van der Waals surface area contributed by atoms with Crippen LogP contribution in [0.3, 0.4) is 0 Å². The molecule has 1 aliphatic heterocycles. The Morgan fingerprint density at radius 1 is 1.53 bits per heavy atom. The highest BCUT2D eigenvalue weighted by atomic mass is 16.5. The first-order valence-corrected chi connectivity index (χ1v) is 5.63. The molecule has 1 saturated heterocycles. The molecule has 4 heteroatoms. The fourth-order valence-corrected chi connectivity index (χ4v) is 1.91. The molecule has 1 aromatic rings. The Balaban J connectivity index is 1.79. The zero-order valence-electron chi connectivity index (χ0n) is 9.28. The lowest BCUT2D eigenvalue weighted by Gasteiger charge is -2.15. The molecule has 2 rings (SSSR count). The van der Waals surface area contributed by atoms with Crippen LogP contribution in [0.5, 0.6) is 0 Å². The summed E-state index contributed by atoms with van der Waals surface area (Å²) >= 11 is 0. The van der Waals surface area contributed by atoms with Gasteiger partial charge in [0.25, 0.3) is 0 Å². The Hall–Kier alpha value is -0.870. The fourth-order valence-electron chi connectivity index (χ4n) is 1.91. The second-order valence-corrected chi connectivity index (χ2v) is 4.08. The van der Waals surface area contributed by atoms with E-state index in [2.05, 4.69) is 14.9 Å². The summed E-state index contributed by atoms with van der Waals surface area (Å²) in [6, 6.07) is 0.587. The van der Waals surface area contributed by atoms with E-state index < -0.39 is 0 Å². The minimum atomic E-state index is 0.587.